The SMILES string of the molecule is O=C(C(=O)N1CCN(C(=O)c2cn(Cc3ccccc3)nc2-c2cccs2)CC1)N1CCCC1. The van der Waals surface area contributed by atoms with Crippen LogP contribution in [0.25, 0.3) is 10.6 Å². The fourth-order valence-corrected chi connectivity index (χ4v) is 5.22. The van der Waals surface area contributed by atoms with Gasteiger partial charge in [-0.15, -0.1) is 11.3 Å². The maximum Gasteiger partial charge on any atom is 0.312 e. The first kappa shape index (κ1) is 22.3. The minimum atomic E-state index is -0.455. The van der Waals surface area contributed by atoms with E-state index in [1.165, 1.54) is 0 Å². The number of carbonyl (C=O) groups excluding carboxylic acids is 3. The van der Waals surface area contributed by atoms with Crippen molar-refractivity contribution in [2.75, 3.05) is 39.3 Å². The molecule has 4 heterocycles. The fraction of sp³-hybridized carbons (Fsp3) is 0.360. The number of rotatable bonds is 4. The van der Waals surface area contributed by atoms with Crippen LogP contribution in [0.4, 0.5) is 0 Å². The monoisotopic (exact) mass is 477 g/mol. The Bertz CT molecular complexity index is 1160. The van der Waals surface area contributed by atoms with Crippen molar-refractivity contribution < 1.29 is 14.4 Å². The van der Waals surface area contributed by atoms with Crippen LogP contribution in [0, 0.1) is 0 Å². The van der Waals surface area contributed by atoms with Gasteiger partial charge in [-0.05, 0) is 29.9 Å². The van der Waals surface area contributed by atoms with E-state index in [0.717, 1.165) is 23.3 Å². The Balaban J connectivity index is 1.29. The van der Waals surface area contributed by atoms with E-state index in [1.54, 1.807) is 26.0 Å². The molecule has 2 saturated heterocycles. The van der Waals surface area contributed by atoms with Gasteiger partial charge in [0.2, 0.25) is 0 Å². The smallest absolute Gasteiger partial charge is 0.312 e. The number of amides is 3. The number of benzene rings is 1. The van der Waals surface area contributed by atoms with Crippen molar-refractivity contribution in [2.24, 2.45) is 0 Å². The van der Waals surface area contributed by atoms with Crippen LogP contribution in [0.1, 0.15) is 28.8 Å². The summed E-state index contributed by atoms with van der Waals surface area (Å²) in [5.74, 6) is -0.968. The Morgan fingerprint density at radius 3 is 2.09 bits per heavy atom. The molecule has 2 fully saturated rings. The maximum absolute atomic E-state index is 13.5. The summed E-state index contributed by atoms with van der Waals surface area (Å²) in [7, 11) is 0. The van der Waals surface area contributed by atoms with Gasteiger partial charge in [0.05, 0.1) is 17.0 Å². The zero-order valence-electron chi connectivity index (χ0n) is 18.9. The van der Waals surface area contributed by atoms with Crippen molar-refractivity contribution in [3.05, 3.63) is 65.2 Å². The molecule has 34 heavy (non-hydrogen) atoms. The third-order valence-electron chi connectivity index (χ3n) is 6.36. The summed E-state index contributed by atoms with van der Waals surface area (Å²) in [6.45, 7) is 3.39. The van der Waals surface area contributed by atoms with Crippen LogP contribution in [0.5, 0.6) is 0 Å². The van der Waals surface area contributed by atoms with Crippen molar-refractivity contribution >= 4 is 29.1 Å². The Morgan fingerprint density at radius 2 is 1.44 bits per heavy atom. The quantitative estimate of drug-likeness (QED) is 0.541. The van der Waals surface area contributed by atoms with E-state index in [9.17, 15) is 14.4 Å². The van der Waals surface area contributed by atoms with Gasteiger partial charge >= 0.3 is 11.8 Å². The molecule has 0 unspecified atom stereocenters. The number of likely N-dealkylation sites (tertiary alicyclic amines) is 1. The van der Waals surface area contributed by atoms with E-state index in [4.69, 9.17) is 5.10 Å². The number of hydrogen-bond donors (Lipinski definition) is 0. The van der Waals surface area contributed by atoms with Crippen molar-refractivity contribution in [3.63, 3.8) is 0 Å². The number of thiophene rings is 1. The molecule has 9 heteroatoms. The van der Waals surface area contributed by atoms with E-state index < -0.39 is 11.8 Å². The lowest BCUT2D eigenvalue weighted by atomic mass is 10.1. The Kier molecular flexibility index (Phi) is 6.44. The molecule has 176 valence electrons. The standard InChI is InChI=1S/C25H27N5O3S/c31-23(28-12-14-29(15-13-28)25(33)24(32)27-10-4-5-11-27)20-18-30(17-19-7-2-1-3-8-19)26-22(20)21-9-6-16-34-21/h1-3,6-9,16,18H,4-5,10-15,17H2. The summed E-state index contributed by atoms with van der Waals surface area (Å²) < 4.78 is 1.81. The highest BCUT2D eigenvalue weighted by atomic mass is 32.1. The minimum Gasteiger partial charge on any atom is -0.335 e. The number of piperazine rings is 1. The molecule has 2 aromatic heterocycles. The maximum atomic E-state index is 13.5. The topological polar surface area (TPSA) is 78.8 Å². The minimum absolute atomic E-state index is 0.0966. The third-order valence-corrected chi connectivity index (χ3v) is 7.24. The molecule has 0 saturated carbocycles. The van der Waals surface area contributed by atoms with Gasteiger partial charge in [-0.25, -0.2) is 0 Å². The molecule has 1 aromatic carbocycles. The number of carbonyl (C=O) groups is 3. The van der Waals surface area contributed by atoms with E-state index in [1.807, 2.05) is 58.7 Å². The molecule has 0 radical (unpaired) electrons. The molecular formula is C25H27N5O3S. The average molecular weight is 478 g/mol. The predicted octanol–water partition coefficient (Wildman–Crippen LogP) is 2.57. The number of nitrogens with zero attached hydrogens (tertiary/aromatic N) is 5. The van der Waals surface area contributed by atoms with Gasteiger partial charge in [0, 0.05) is 45.5 Å². The molecule has 8 nitrogen and oxygen atoms in total. The molecule has 0 atom stereocenters. The van der Waals surface area contributed by atoms with Crippen LogP contribution < -0.4 is 0 Å². The highest BCUT2D eigenvalue weighted by Crippen LogP contribution is 2.28. The van der Waals surface area contributed by atoms with Gasteiger partial charge in [0.15, 0.2) is 0 Å². The number of aromatic nitrogens is 2. The second kappa shape index (κ2) is 9.80. The first-order valence-electron chi connectivity index (χ1n) is 11.6. The van der Waals surface area contributed by atoms with Gasteiger partial charge in [0.1, 0.15) is 5.69 Å². The van der Waals surface area contributed by atoms with Crippen molar-refractivity contribution in [1.29, 1.82) is 0 Å². The molecule has 3 aromatic rings. The lowest BCUT2D eigenvalue weighted by molar-refractivity contribution is -0.152. The van der Waals surface area contributed by atoms with Crippen LogP contribution in [0.3, 0.4) is 0 Å². The van der Waals surface area contributed by atoms with E-state index in [2.05, 4.69) is 0 Å². The Morgan fingerprint density at radius 1 is 0.794 bits per heavy atom. The van der Waals surface area contributed by atoms with E-state index in [-0.39, 0.29) is 5.91 Å². The fourth-order valence-electron chi connectivity index (χ4n) is 4.50. The molecule has 5 rings (SSSR count). The van der Waals surface area contributed by atoms with Gasteiger partial charge in [-0.1, -0.05) is 36.4 Å². The molecular weight excluding hydrogens is 450 g/mol. The first-order chi connectivity index (χ1) is 16.6. The predicted molar refractivity (Wildman–Crippen MR) is 129 cm³/mol. The summed E-state index contributed by atoms with van der Waals surface area (Å²) in [6, 6.07) is 13.9. The summed E-state index contributed by atoms with van der Waals surface area (Å²) in [4.78, 5) is 44.5. The van der Waals surface area contributed by atoms with Crippen LogP contribution in [-0.2, 0) is 16.1 Å². The Labute approximate surface area is 202 Å². The summed E-state index contributed by atoms with van der Waals surface area (Å²) >= 11 is 1.55. The van der Waals surface area contributed by atoms with Gasteiger partial charge in [0.25, 0.3) is 5.91 Å². The van der Waals surface area contributed by atoms with Crippen molar-refractivity contribution in [2.45, 2.75) is 19.4 Å². The second-order valence-electron chi connectivity index (χ2n) is 8.64. The zero-order valence-corrected chi connectivity index (χ0v) is 19.7. The van der Waals surface area contributed by atoms with Crippen molar-refractivity contribution in [3.8, 4) is 10.6 Å². The molecule has 3 amide bonds. The first-order valence-corrected chi connectivity index (χ1v) is 12.5. The third kappa shape index (κ3) is 4.61. The number of hydrogen-bond acceptors (Lipinski definition) is 5. The average Bonchev–Trinajstić information content (AvgIpc) is 3.65. The summed E-state index contributed by atoms with van der Waals surface area (Å²) in [6.07, 6.45) is 3.72. The van der Waals surface area contributed by atoms with Crippen LogP contribution >= 0.6 is 11.3 Å². The van der Waals surface area contributed by atoms with Gasteiger partial charge in [-0.2, -0.15) is 5.10 Å². The Hall–Kier alpha value is -3.46. The van der Waals surface area contributed by atoms with Crippen LogP contribution in [0.15, 0.2) is 54.0 Å². The zero-order chi connectivity index (χ0) is 23.5. The van der Waals surface area contributed by atoms with Crippen LogP contribution in [0.2, 0.25) is 0 Å². The highest BCUT2D eigenvalue weighted by molar-refractivity contribution is 7.13. The largest absolute Gasteiger partial charge is 0.335 e. The molecule has 2 aliphatic heterocycles. The lowest BCUT2D eigenvalue weighted by Crippen LogP contribution is -2.54. The van der Waals surface area contributed by atoms with E-state index >= 15 is 0 Å². The highest BCUT2D eigenvalue weighted by Gasteiger charge is 2.33. The van der Waals surface area contributed by atoms with E-state index in [0.29, 0.717) is 57.1 Å². The second-order valence-corrected chi connectivity index (χ2v) is 9.58. The summed E-state index contributed by atoms with van der Waals surface area (Å²) in [5, 5.41) is 6.71. The molecule has 0 bridgehead atoms. The molecule has 0 N–H and O–H groups in total. The van der Waals surface area contributed by atoms with Gasteiger partial charge in [-0.3, -0.25) is 19.1 Å². The normalized spacial score (nSPS) is 16.2. The molecule has 0 aliphatic carbocycles. The van der Waals surface area contributed by atoms with Crippen LogP contribution in [-0.4, -0.2) is 81.5 Å². The lowest BCUT2D eigenvalue weighted by Gasteiger charge is -2.35. The summed E-state index contributed by atoms with van der Waals surface area (Å²) in [5.41, 5.74) is 2.35. The van der Waals surface area contributed by atoms with Gasteiger partial charge < -0.3 is 14.7 Å². The van der Waals surface area contributed by atoms with Crippen molar-refractivity contribution in [1.82, 2.24) is 24.5 Å². The molecule has 0 spiro atoms. The molecule has 2 aliphatic rings.